The summed E-state index contributed by atoms with van der Waals surface area (Å²) >= 11 is 0. The average molecular weight is 286 g/mol. The van der Waals surface area contributed by atoms with Crippen LogP contribution in [-0.4, -0.2) is 32.9 Å². The number of nitrogens with one attached hydrogen (secondary N) is 1. The molecule has 7 heteroatoms. The van der Waals surface area contributed by atoms with Crippen molar-refractivity contribution in [2.24, 2.45) is 0 Å². The maximum atomic E-state index is 11.7. The van der Waals surface area contributed by atoms with Crippen LogP contribution in [0.3, 0.4) is 0 Å². The van der Waals surface area contributed by atoms with Crippen molar-refractivity contribution >= 4 is 27.1 Å². The van der Waals surface area contributed by atoms with Gasteiger partial charge in [-0.3, -0.25) is 4.79 Å². The van der Waals surface area contributed by atoms with Gasteiger partial charge in [0.25, 0.3) is 0 Å². The van der Waals surface area contributed by atoms with Crippen molar-refractivity contribution in [2.75, 3.05) is 29.7 Å². The van der Waals surface area contributed by atoms with Gasteiger partial charge in [0.1, 0.15) is 5.75 Å². The van der Waals surface area contributed by atoms with Crippen LogP contribution in [0.25, 0.3) is 0 Å². The van der Waals surface area contributed by atoms with Crippen molar-refractivity contribution in [1.29, 1.82) is 0 Å². The zero-order chi connectivity index (χ0) is 14.5. The van der Waals surface area contributed by atoms with Crippen molar-refractivity contribution in [1.82, 2.24) is 0 Å². The zero-order valence-electron chi connectivity index (χ0n) is 11.0. The SMILES string of the molecule is CCS(=O)(=O)CCC(=O)Nc1ccc(N)cc1OC. The molecule has 0 heterocycles. The Balaban J connectivity index is 2.67. The third-order valence-electron chi connectivity index (χ3n) is 2.58. The number of anilines is 2. The topological polar surface area (TPSA) is 98.5 Å². The van der Waals surface area contributed by atoms with Crippen LogP contribution in [0.15, 0.2) is 18.2 Å². The highest BCUT2D eigenvalue weighted by molar-refractivity contribution is 7.91. The molecule has 1 amide bonds. The molecule has 0 saturated heterocycles. The van der Waals surface area contributed by atoms with Gasteiger partial charge >= 0.3 is 0 Å². The zero-order valence-corrected chi connectivity index (χ0v) is 11.8. The summed E-state index contributed by atoms with van der Waals surface area (Å²) in [6.45, 7) is 1.55. The minimum absolute atomic E-state index is 0.0332. The summed E-state index contributed by atoms with van der Waals surface area (Å²) in [5.74, 6) is -0.0650. The number of carbonyl (C=O) groups excluding carboxylic acids is 1. The summed E-state index contributed by atoms with van der Waals surface area (Å²) in [5, 5.41) is 2.60. The Morgan fingerprint density at radius 2 is 2.11 bits per heavy atom. The number of nitrogens with two attached hydrogens (primary N) is 1. The van der Waals surface area contributed by atoms with Crippen molar-refractivity contribution in [3.8, 4) is 5.75 Å². The second kappa shape index (κ2) is 6.42. The van der Waals surface area contributed by atoms with E-state index in [4.69, 9.17) is 10.5 Å². The van der Waals surface area contributed by atoms with Gasteiger partial charge in [-0.1, -0.05) is 6.92 Å². The molecule has 19 heavy (non-hydrogen) atoms. The van der Waals surface area contributed by atoms with E-state index in [2.05, 4.69) is 5.32 Å². The lowest BCUT2D eigenvalue weighted by molar-refractivity contribution is -0.115. The first-order chi connectivity index (χ1) is 8.88. The molecular weight excluding hydrogens is 268 g/mol. The lowest BCUT2D eigenvalue weighted by Crippen LogP contribution is -2.18. The lowest BCUT2D eigenvalue weighted by Gasteiger charge is -2.10. The highest BCUT2D eigenvalue weighted by Crippen LogP contribution is 2.26. The van der Waals surface area contributed by atoms with E-state index in [1.807, 2.05) is 0 Å². The summed E-state index contributed by atoms with van der Waals surface area (Å²) in [7, 11) is -1.68. The van der Waals surface area contributed by atoms with Crippen LogP contribution in [0.5, 0.6) is 5.75 Å². The third kappa shape index (κ3) is 4.78. The molecule has 0 atom stereocenters. The van der Waals surface area contributed by atoms with Gasteiger partial charge in [0, 0.05) is 23.9 Å². The van der Waals surface area contributed by atoms with Crippen LogP contribution in [0.2, 0.25) is 0 Å². The maximum absolute atomic E-state index is 11.7. The van der Waals surface area contributed by atoms with Crippen LogP contribution in [0, 0.1) is 0 Å². The first-order valence-electron chi connectivity index (χ1n) is 5.81. The monoisotopic (exact) mass is 286 g/mol. The fourth-order valence-electron chi connectivity index (χ4n) is 1.42. The second-order valence-electron chi connectivity index (χ2n) is 3.99. The maximum Gasteiger partial charge on any atom is 0.225 e. The molecule has 0 radical (unpaired) electrons. The van der Waals surface area contributed by atoms with E-state index < -0.39 is 9.84 Å². The van der Waals surface area contributed by atoms with Crippen LogP contribution >= 0.6 is 0 Å². The molecule has 1 rings (SSSR count). The van der Waals surface area contributed by atoms with Gasteiger partial charge in [-0.05, 0) is 12.1 Å². The molecule has 0 spiro atoms. The Morgan fingerprint density at radius 1 is 1.42 bits per heavy atom. The number of rotatable bonds is 6. The number of methoxy groups -OCH3 is 1. The minimum Gasteiger partial charge on any atom is -0.494 e. The quantitative estimate of drug-likeness (QED) is 0.761. The van der Waals surface area contributed by atoms with Crippen LogP contribution in [-0.2, 0) is 14.6 Å². The van der Waals surface area contributed by atoms with Gasteiger partial charge in [-0.2, -0.15) is 0 Å². The molecule has 0 aliphatic heterocycles. The predicted octanol–water partition coefficient (Wildman–Crippen LogP) is 1.04. The number of sulfone groups is 1. The normalized spacial score (nSPS) is 11.1. The van der Waals surface area contributed by atoms with Gasteiger partial charge in [-0.15, -0.1) is 0 Å². The van der Waals surface area contributed by atoms with E-state index >= 15 is 0 Å². The van der Waals surface area contributed by atoms with Crippen molar-refractivity contribution in [2.45, 2.75) is 13.3 Å². The summed E-state index contributed by atoms with van der Waals surface area (Å²) in [6, 6.07) is 4.82. The number of carbonyl (C=O) groups is 1. The number of benzene rings is 1. The summed E-state index contributed by atoms with van der Waals surface area (Å²) in [6.07, 6.45) is -0.0797. The van der Waals surface area contributed by atoms with Gasteiger partial charge < -0.3 is 15.8 Å². The number of amides is 1. The molecule has 0 unspecified atom stereocenters. The third-order valence-corrected chi connectivity index (χ3v) is 4.29. The Morgan fingerprint density at radius 3 is 2.68 bits per heavy atom. The van der Waals surface area contributed by atoms with E-state index in [9.17, 15) is 13.2 Å². The smallest absolute Gasteiger partial charge is 0.225 e. The van der Waals surface area contributed by atoms with E-state index in [1.54, 1.807) is 25.1 Å². The largest absolute Gasteiger partial charge is 0.494 e. The van der Waals surface area contributed by atoms with E-state index in [0.29, 0.717) is 17.1 Å². The van der Waals surface area contributed by atoms with E-state index in [1.165, 1.54) is 7.11 Å². The van der Waals surface area contributed by atoms with Gasteiger partial charge in [0.15, 0.2) is 9.84 Å². The molecule has 0 fully saturated rings. The van der Waals surface area contributed by atoms with Crippen molar-refractivity contribution in [3.05, 3.63) is 18.2 Å². The summed E-state index contributed by atoms with van der Waals surface area (Å²) < 4.78 is 27.7. The standard InChI is InChI=1S/C12H18N2O4S/c1-3-19(16,17)7-6-12(15)14-10-5-4-9(13)8-11(10)18-2/h4-5,8H,3,6-7,13H2,1-2H3,(H,14,15). The summed E-state index contributed by atoms with van der Waals surface area (Å²) in [4.78, 5) is 11.7. The molecule has 0 aromatic heterocycles. The fourth-order valence-corrected chi connectivity index (χ4v) is 2.20. The Hall–Kier alpha value is -1.76. The molecule has 106 valence electrons. The van der Waals surface area contributed by atoms with E-state index in [-0.39, 0.29) is 23.8 Å². The number of nitrogen functional groups attached to an aromatic ring is 1. The number of hydrogen-bond acceptors (Lipinski definition) is 5. The second-order valence-corrected chi connectivity index (χ2v) is 6.47. The van der Waals surface area contributed by atoms with E-state index in [0.717, 1.165) is 0 Å². The minimum atomic E-state index is -3.14. The van der Waals surface area contributed by atoms with Gasteiger partial charge in [0.2, 0.25) is 5.91 Å². The molecule has 1 aromatic rings. The molecule has 6 nitrogen and oxygen atoms in total. The highest BCUT2D eigenvalue weighted by Gasteiger charge is 2.13. The molecule has 0 aliphatic carbocycles. The first-order valence-corrected chi connectivity index (χ1v) is 7.64. The number of hydrogen-bond donors (Lipinski definition) is 2. The summed E-state index contributed by atoms with van der Waals surface area (Å²) in [5.41, 5.74) is 6.58. The highest BCUT2D eigenvalue weighted by atomic mass is 32.2. The molecule has 1 aromatic carbocycles. The van der Waals surface area contributed by atoms with Crippen molar-refractivity contribution in [3.63, 3.8) is 0 Å². The van der Waals surface area contributed by atoms with Gasteiger partial charge in [-0.25, -0.2) is 8.42 Å². The molecule has 0 bridgehead atoms. The lowest BCUT2D eigenvalue weighted by atomic mass is 10.2. The molecule has 3 N–H and O–H groups in total. The van der Waals surface area contributed by atoms with Crippen molar-refractivity contribution < 1.29 is 17.9 Å². The van der Waals surface area contributed by atoms with Gasteiger partial charge in [0.05, 0.1) is 18.6 Å². The van der Waals surface area contributed by atoms with Crippen LogP contribution in [0.4, 0.5) is 11.4 Å². The van der Waals surface area contributed by atoms with Crippen LogP contribution < -0.4 is 15.8 Å². The first kappa shape index (κ1) is 15.3. The number of ether oxygens (including phenoxy) is 1. The molecule has 0 saturated carbocycles. The predicted molar refractivity (Wildman–Crippen MR) is 75.0 cm³/mol. The Labute approximate surface area is 112 Å². The Kier molecular flexibility index (Phi) is 5.17. The molecular formula is C12H18N2O4S. The molecule has 0 aliphatic rings. The average Bonchev–Trinajstić information content (AvgIpc) is 2.38. The van der Waals surface area contributed by atoms with Crippen LogP contribution in [0.1, 0.15) is 13.3 Å². The fraction of sp³-hybridized carbons (Fsp3) is 0.417. The Bertz CT molecular complexity index is 555.